The van der Waals surface area contributed by atoms with E-state index in [0.29, 0.717) is 18.5 Å². The van der Waals surface area contributed by atoms with Crippen molar-refractivity contribution in [3.8, 4) is 17.2 Å². The Labute approximate surface area is 173 Å². The lowest BCUT2D eigenvalue weighted by Crippen LogP contribution is -2.28. The Morgan fingerprint density at radius 1 is 0.867 bits per heavy atom. The predicted octanol–water partition coefficient (Wildman–Crippen LogP) is 2.11. The second-order valence-electron chi connectivity index (χ2n) is 6.84. The van der Waals surface area contributed by atoms with Crippen LogP contribution in [0, 0.1) is 0 Å². The highest BCUT2D eigenvalue weighted by molar-refractivity contribution is 5.88. The van der Waals surface area contributed by atoms with Gasteiger partial charge >= 0.3 is 0 Å². The van der Waals surface area contributed by atoms with E-state index >= 15 is 0 Å². The van der Waals surface area contributed by atoms with Gasteiger partial charge in [-0.1, -0.05) is 18.2 Å². The summed E-state index contributed by atoms with van der Waals surface area (Å²) in [7, 11) is 0. The number of benzene rings is 2. The van der Waals surface area contributed by atoms with Gasteiger partial charge in [0.1, 0.15) is 11.3 Å². The number of nitrogens with zero attached hydrogens (tertiary/aromatic N) is 1. The number of aromatic hydroxyl groups is 3. The van der Waals surface area contributed by atoms with Gasteiger partial charge in [0.05, 0.1) is 0 Å². The minimum atomic E-state index is -0.251. The van der Waals surface area contributed by atoms with Crippen molar-refractivity contribution in [2.24, 2.45) is 0 Å². The molecule has 0 aliphatic heterocycles. The fraction of sp³-hybridized carbons (Fsp3) is 0.227. The Morgan fingerprint density at radius 2 is 1.60 bits per heavy atom. The normalized spacial score (nSPS) is 10.7. The summed E-state index contributed by atoms with van der Waals surface area (Å²) < 4.78 is 0. The van der Waals surface area contributed by atoms with E-state index in [0.717, 1.165) is 16.5 Å². The Hall–Kier alpha value is -3.81. The first-order valence-corrected chi connectivity index (χ1v) is 9.54. The molecule has 0 spiro atoms. The van der Waals surface area contributed by atoms with Crippen LogP contribution in [-0.4, -0.2) is 38.7 Å². The zero-order valence-corrected chi connectivity index (χ0v) is 16.3. The number of phenols is 3. The van der Waals surface area contributed by atoms with Crippen LogP contribution >= 0.6 is 0 Å². The largest absolute Gasteiger partial charge is 0.506 e. The van der Waals surface area contributed by atoms with Gasteiger partial charge in [-0.05, 0) is 41.8 Å². The van der Waals surface area contributed by atoms with Crippen LogP contribution in [0.2, 0.25) is 0 Å². The second-order valence-corrected chi connectivity index (χ2v) is 6.84. The molecule has 0 radical (unpaired) electrons. The molecule has 8 nitrogen and oxygen atoms in total. The highest BCUT2D eigenvalue weighted by Crippen LogP contribution is 2.26. The molecule has 0 saturated heterocycles. The van der Waals surface area contributed by atoms with Crippen molar-refractivity contribution in [2.45, 2.75) is 25.8 Å². The van der Waals surface area contributed by atoms with Crippen LogP contribution in [0.1, 0.15) is 24.0 Å². The fourth-order valence-corrected chi connectivity index (χ4v) is 3.04. The van der Waals surface area contributed by atoms with Crippen LogP contribution < -0.4 is 10.6 Å². The third-order valence-electron chi connectivity index (χ3n) is 4.67. The maximum atomic E-state index is 12.1. The summed E-state index contributed by atoms with van der Waals surface area (Å²) in [5.74, 6) is -0.802. The first-order chi connectivity index (χ1) is 14.4. The molecule has 0 saturated carbocycles. The van der Waals surface area contributed by atoms with Crippen molar-refractivity contribution in [1.29, 1.82) is 0 Å². The van der Waals surface area contributed by atoms with E-state index in [9.17, 15) is 24.9 Å². The quantitative estimate of drug-likeness (QED) is 0.362. The van der Waals surface area contributed by atoms with E-state index in [1.54, 1.807) is 24.4 Å². The average Bonchev–Trinajstić information content (AvgIpc) is 2.74. The lowest BCUT2D eigenvalue weighted by molar-refractivity contribution is -0.126. The first-order valence-electron chi connectivity index (χ1n) is 9.54. The van der Waals surface area contributed by atoms with Crippen molar-refractivity contribution < 1.29 is 24.9 Å². The monoisotopic (exact) mass is 409 g/mol. The fourth-order valence-electron chi connectivity index (χ4n) is 3.04. The molecule has 0 unspecified atom stereocenters. The van der Waals surface area contributed by atoms with Gasteiger partial charge in [-0.2, -0.15) is 0 Å². The summed E-state index contributed by atoms with van der Waals surface area (Å²) in [5.41, 5.74) is 2.08. The van der Waals surface area contributed by atoms with Crippen molar-refractivity contribution in [3.63, 3.8) is 0 Å². The second kappa shape index (κ2) is 9.60. The molecule has 0 fully saturated rings. The van der Waals surface area contributed by atoms with Gasteiger partial charge < -0.3 is 26.0 Å². The SMILES string of the molecule is O=C(CCC(=O)NCc1ccc(O)c2ncccc12)NCCc1ccc(O)c(O)c1. The van der Waals surface area contributed by atoms with Crippen molar-refractivity contribution in [2.75, 3.05) is 6.54 Å². The van der Waals surface area contributed by atoms with Crippen LogP contribution in [0.3, 0.4) is 0 Å². The van der Waals surface area contributed by atoms with Gasteiger partial charge in [0.2, 0.25) is 11.8 Å². The summed E-state index contributed by atoms with van der Waals surface area (Å²) in [5, 5.41) is 34.9. The van der Waals surface area contributed by atoms with Gasteiger partial charge in [0.25, 0.3) is 0 Å². The third-order valence-corrected chi connectivity index (χ3v) is 4.67. The molecule has 2 amide bonds. The molecular weight excluding hydrogens is 386 g/mol. The Bertz CT molecular complexity index is 1070. The minimum absolute atomic E-state index is 0.0557. The Kier molecular flexibility index (Phi) is 6.69. The predicted molar refractivity (Wildman–Crippen MR) is 111 cm³/mol. The van der Waals surface area contributed by atoms with Crippen molar-refractivity contribution in [1.82, 2.24) is 15.6 Å². The molecule has 2 aromatic carbocycles. The standard InChI is InChI=1S/C22H23N3O5/c26-17-5-3-14(12-19(17)28)9-11-23-20(29)7-8-21(30)25-13-15-4-6-18(27)22-16(15)2-1-10-24-22/h1-6,10,12,26-28H,7-9,11,13H2,(H,23,29)(H,25,30). The summed E-state index contributed by atoms with van der Waals surface area (Å²) in [6.07, 6.45) is 2.20. The Morgan fingerprint density at radius 3 is 2.37 bits per heavy atom. The number of hydrogen-bond donors (Lipinski definition) is 5. The molecular formula is C22H23N3O5. The molecule has 3 aromatic rings. The van der Waals surface area contributed by atoms with Gasteiger partial charge in [0.15, 0.2) is 11.5 Å². The van der Waals surface area contributed by atoms with E-state index in [4.69, 9.17) is 0 Å². The molecule has 8 heteroatoms. The number of fused-ring (bicyclic) bond motifs is 1. The van der Waals surface area contributed by atoms with Crippen molar-refractivity contribution >= 4 is 22.7 Å². The maximum absolute atomic E-state index is 12.1. The van der Waals surface area contributed by atoms with E-state index in [2.05, 4.69) is 15.6 Å². The summed E-state index contributed by atoms with van der Waals surface area (Å²) in [6.45, 7) is 0.629. The number of rotatable bonds is 8. The van der Waals surface area contributed by atoms with Gasteiger partial charge in [-0.25, -0.2) is 0 Å². The highest BCUT2D eigenvalue weighted by atomic mass is 16.3. The number of nitrogens with one attached hydrogen (secondary N) is 2. The minimum Gasteiger partial charge on any atom is -0.506 e. The molecule has 0 aliphatic rings. The molecule has 0 aliphatic carbocycles. The number of pyridine rings is 1. The van der Waals surface area contributed by atoms with Gasteiger partial charge in [0, 0.05) is 37.5 Å². The lowest BCUT2D eigenvalue weighted by Gasteiger charge is -2.09. The van der Waals surface area contributed by atoms with Gasteiger partial charge in [-0.15, -0.1) is 0 Å². The lowest BCUT2D eigenvalue weighted by atomic mass is 10.1. The molecule has 3 rings (SSSR count). The molecule has 156 valence electrons. The molecule has 0 bridgehead atoms. The van der Waals surface area contributed by atoms with Crippen LogP contribution in [0.15, 0.2) is 48.7 Å². The van der Waals surface area contributed by atoms with Crippen LogP contribution in [0.25, 0.3) is 10.9 Å². The average molecular weight is 409 g/mol. The third kappa shape index (κ3) is 5.38. The molecule has 30 heavy (non-hydrogen) atoms. The number of aromatic nitrogens is 1. The van der Waals surface area contributed by atoms with Crippen molar-refractivity contribution in [3.05, 3.63) is 59.8 Å². The highest BCUT2D eigenvalue weighted by Gasteiger charge is 2.10. The van der Waals surface area contributed by atoms with Crippen LogP contribution in [-0.2, 0) is 22.6 Å². The first kappa shape index (κ1) is 20.9. The van der Waals surface area contributed by atoms with E-state index in [1.165, 1.54) is 18.2 Å². The molecule has 1 heterocycles. The number of carbonyl (C=O) groups is 2. The number of carbonyl (C=O) groups excluding carboxylic acids is 2. The smallest absolute Gasteiger partial charge is 0.220 e. The van der Waals surface area contributed by atoms with E-state index < -0.39 is 0 Å². The molecule has 0 atom stereocenters. The maximum Gasteiger partial charge on any atom is 0.220 e. The summed E-state index contributed by atoms with van der Waals surface area (Å²) in [6, 6.07) is 11.4. The zero-order valence-electron chi connectivity index (χ0n) is 16.3. The van der Waals surface area contributed by atoms with Crippen LogP contribution in [0.5, 0.6) is 17.2 Å². The van der Waals surface area contributed by atoms with Gasteiger partial charge in [-0.3, -0.25) is 14.6 Å². The zero-order chi connectivity index (χ0) is 21.5. The Balaban J connectivity index is 1.41. The van der Waals surface area contributed by atoms with E-state index in [-0.39, 0.29) is 48.4 Å². The number of phenolic OH excluding ortho intramolecular Hbond substituents is 3. The number of hydrogen-bond acceptors (Lipinski definition) is 6. The van der Waals surface area contributed by atoms with Crippen LogP contribution in [0.4, 0.5) is 0 Å². The molecule has 5 N–H and O–H groups in total. The summed E-state index contributed by atoms with van der Waals surface area (Å²) >= 11 is 0. The number of amides is 2. The topological polar surface area (TPSA) is 132 Å². The van der Waals surface area contributed by atoms with E-state index in [1.807, 2.05) is 6.07 Å². The summed E-state index contributed by atoms with van der Waals surface area (Å²) in [4.78, 5) is 28.2. The molecule has 1 aromatic heterocycles.